The van der Waals surface area contributed by atoms with Gasteiger partial charge in [-0.1, -0.05) is 45.0 Å². The van der Waals surface area contributed by atoms with Crippen molar-refractivity contribution >= 4 is 11.8 Å². The van der Waals surface area contributed by atoms with Gasteiger partial charge in [-0.15, -0.1) is 0 Å². The molecule has 1 aliphatic heterocycles. The lowest BCUT2D eigenvalue weighted by molar-refractivity contribution is -0.145. The molecule has 1 saturated heterocycles. The molecule has 0 spiro atoms. The summed E-state index contributed by atoms with van der Waals surface area (Å²) in [6.45, 7) is 6.42. The lowest BCUT2D eigenvalue weighted by Gasteiger charge is -2.37. The molecule has 0 radical (unpaired) electrons. The molecule has 1 aliphatic carbocycles. The van der Waals surface area contributed by atoms with Crippen LogP contribution in [0.25, 0.3) is 0 Å². The molecular formula is C18H23NO2. The van der Waals surface area contributed by atoms with Crippen molar-refractivity contribution in [3.05, 3.63) is 35.4 Å². The number of imide groups is 1. The van der Waals surface area contributed by atoms with Gasteiger partial charge in [0.25, 0.3) is 0 Å². The second kappa shape index (κ2) is 4.97. The minimum Gasteiger partial charge on any atom is -0.296 e. The fourth-order valence-electron chi connectivity index (χ4n) is 4.00. The summed E-state index contributed by atoms with van der Waals surface area (Å²) in [4.78, 5) is 24.3. The third-order valence-corrected chi connectivity index (χ3v) is 5.57. The number of benzene rings is 1. The van der Waals surface area contributed by atoms with Crippen LogP contribution in [0, 0.1) is 17.3 Å². The molecule has 3 heteroatoms. The summed E-state index contributed by atoms with van der Waals surface area (Å²) in [6, 6.07) is 8.57. The van der Waals surface area contributed by atoms with Gasteiger partial charge in [-0.05, 0) is 42.2 Å². The lowest BCUT2D eigenvalue weighted by Crippen LogP contribution is -2.54. The molecule has 3 atom stereocenters. The predicted octanol–water partition coefficient (Wildman–Crippen LogP) is 3.04. The standard InChI is InChI=1S/C18H23NO2/c1-11(2)14-6-4-13(5-7-14)10-18-9-8-15(12(18)3)16(20)19-17(18)21/h4-7,11-12,15H,8-10H2,1-3H3,(H,19,20,21). The number of amides is 2. The van der Waals surface area contributed by atoms with E-state index >= 15 is 0 Å². The van der Waals surface area contributed by atoms with Crippen LogP contribution in [0.4, 0.5) is 0 Å². The SMILES string of the molecule is CC(C)c1ccc(CC23CCC(C(=O)NC2=O)C3C)cc1. The van der Waals surface area contributed by atoms with Crippen molar-refractivity contribution in [1.82, 2.24) is 5.32 Å². The minimum atomic E-state index is -0.391. The first kappa shape index (κ1) is 14.3. The van der Waals surface area contributed by atoms with Gasteiger partial charge in [-0.2, -0.15) is 0 Å². The van der Waals surface area contributed by atoms with Gasteiger partial charge >= 0.3 is 0 Å². The molecular weight excluding hydrogens is 262 g/mol. The van der Waals surface area contributed by atoms with E-state index in [9.17, 15) is 9.59 Å². The molecule has 2 amide bonds. The first-order valence-corrected chi connectivity index (χ1v) is 7.88. The summed E-state index contributed by atoms with van der Waals surface area (Å²) in [5.41, 5.74) is 2.12. The topological polar surface area (TPSA) is 46.2 Å². The number of piperidine rings is 1. The van der Waals surface area contributed by atoms with Gasteiger partial charge in [0, 0.05) is 5.92 Å². The number of nitrogens with one attached hydrogen (secondary N) is 1. The Morgan fingerprint density at radius 1 is 1.24 bits per heavy atom. The van der Waals surface area contributed by atoms with Crippen LogP contribution in [0.2, 0.25) is 0 Å². The molecule has 3 rings (SSSR count). The number of fused-ring (bicyclic) bond motifs is 2. The third kappa shape index (κ3) is 2.19. The van der Waals surface area contributed by atoms with E-state index in [1.165, 1.54) is 11.1 Å². The highest BCUT2D eigenvalue weighted by Gasteiger charge is 2.57. The second-order valence-corrected chi connectivity index (χ2v) is 6.98. The molecule has 1 saturated carbocycles. The van der Waals surface area contributed by atoms with Gasteiger partial charge in [0.2, 0.25) is 11.8 Å². The molecule has 2 aliphatic rings. The molecule has 3 nitrogen and oxygen atoms in total. The number of rotatable bonds is 3. The summed E-state index contributed by atoms with van der Waals surface area (Å²) in [5.74, 6) is 0.529. The van der Waals surface area contributed by atoms with E-state index in [2.05, 4.69) is 50.4 Å². The monoisotopic (exact) mass is 285 g/mol. The molecule has 0 aromatic heterocycles. The van der Waals surface area contributed by atoms with Crippen molar-refractivity contribution < 1.29 is 9.59 Å². The highest BCUT2D eigenvalue weighted by Crippen LogP contribution is 2.51. The molecule has 2 bridgehead atoms. The zero-order valence-electron chi connectivity index (χ0n) is 13.0. The number of hydrogen-bond acceptors (Lipinski definition) is 2. The van der Waals surface area contributed by atoms with Crippen LogP contribution in [-0.4, -0.2) is 11.8 Å². The van der Waals surface area contributed by atoms with Crippen molar-refractivity contribution in [2.75, 3.05) is 0 Å². The van der Waals surface area contributed by atoms with E-state index in [1.54, 1.807) is 0 Å². The van der Waals surface area contributed by atoms with Crippen molar-refractivity contribution in [3.8, 4) is 0 Å². The van der Waals surface area contributed by atoms with Crippen molar-refractivity contribution in [2.24, 2.45) is 17.3 Å². The van der Waals surface area contributed by atoms with Crippen LogP contribution in [-0.2, 0) is 16.0 Å². The fourth-order valence-corrected chi connectivity index (χ4v) is 4.00. The smallest absolute Gasteiger partial charge is 0.233 e. The van der Waals surface area contributed by atoms with Gasteiger partial charge in [0.05, 0.1) is 5.41 Å². The largest absolute Gasteiger partial charge is 0.296 e. The summed E-state index contributed by atoms with van der Waals surface area (Å²) >= 11 is 0. The molecule has 3 unspecified atom stereocenters. The lowest BCUT2D eigenvalue weighted by atomic mass is 9.69. The van der Waals surface area contributed by atoms with Gasteiger partial charge < -0.3 is 0 Å². The van der Waals surface area contributed by atoms with Crippen LogP contribution < -0.4 is 5.32 Å². The van der Waals surface area contributed by atoms with E-state index < -0.39 is 5.41 Å². The van der Waals surface area contributed by atoms with Crippen LogP contribution in [0.15, 0.2) is 24.3 Å². The summed E-state index contributed by atoms with van der Waals surface area (Å²) < 4.78 is 0. The van der Waals surface area contributed by atoms with E-state index in [0.717, 1.165) is 19.3 Å². The Hall–Kier alpha value is -1.64. The van der Waals surface area contributed by atoms with Crippen LogP contribution in [0.3, 0.4) is 0 Å². The Labute approximate surface area is 126 Å². The van der Waals surface area contributed by atoms with E-state index in [1.807, 2.05) is 0 Å². The highest BCUT2D eigenvalue weighted by atomic mass is 16.2. The molecule has 1 aromatic carbocycles. The average molecular weight is 285 g/mol. The van der Waals surface area contributed by atoms with E-state index in [4.69, 9.17) is 0 Å². The highest BCUT2D eigenvalue weighted by molar-refractivity contribution is 6.03. The zero-order valence-corrected chi connectivity index (χ0v) is 13.0. The maximum atomic E-state index is 12.4. The second-order valence-electron chi connectivity index (χ2n) is 6.98. The third-order valence-electron chi connectivity index (χ3n) is 5.57. The van der Waals surface area contributed by atoms with E-state index in [-0.39, 0.29) is 23.7 Å². The van der Waals surface area contributed by atoms with Crippen molar-refractivity contribution in [2.45, 2.75) is 46.0 Å². The Kier molecular flexibility index (Phi) is 3.39. The zero-order chi connectivity index (χ0) is 15.2. The minimum absolute atomic E-state index is 0.0117. The Balaban J connectivity index is 1.86. The number of carbonyl (C=O) groups is 2. The predicted molar refractivity (Wildman–Crippen MR) is 81.7 cm³/mol. The van der Waals surface area contributed by atoms with E-state index in [0.29, 0.717) is 5.92 Å². The summed E-state index contributed by atoms with van der Waals surface area (Å²) in [7, 11) is 0. The van der Waals surface area contributed by atoms with Crippen LogP contribution in [0.5, 0.6) is 0 Å². The molecule has 1 aromatic rings. The first-order valence-electron chi connectivity index (χ1n) is 7.88. The van der Waals surface area contributed by atoms with Crippen molar-refractivity contribution in [3.63, 3.8) is 0 Å². The van der Waals surface area contributed by atoms with Crippen LogP contribution >= 0.6 is 0 Å². The Morgan fingerprint density at radius 3 is 2.52 bits per heavy atom. The summed E-state index contributed by atoms with van der Waals surface area (Å²) in [6.07, 6.45) is 2.40. The normalized spacial score (nSPS) is 31.6. The molecule has 1 heterocycles. The number of hydrogen-bond donors (Lipinski definition) is 1. The molecule has 2 fully saturated rings. The Morgan fingerprint density at radius 2 is 1.90 bits per heavy atom. The maximum absolute atomic E-state index is 12.4. The quantitative estimate of drug-likeness (QED) is 0.868. The fraction of sp³-hybridized carbons (Fsp3) is 0.556. The summed E-state index contributed by atoms with van der Waals surface area (Å²) in [5, 5.41) is 2.58. The molecule has 1 N–H and O–H groups in total. The van der Waals surface area contributed by atoms with Gasteiger partial charge in [-0.25, -0.2) is 0 Å². The van der Waals surface area contributed by atoms with Crippen LogP contribution in [0.1, 0.15) is 50.7 Å². The van der Waals surface area contributed by atoms with Crippen molar-refractivity contribution in [1.29, 1.82) is 0 Å². The molecule has 112 valence electrons. The molecule has 21 heavy (non-hydrogen) atoms. The van der Waals surface area contributed by atoms with Gasteiger partial charge in [0.15, 0.2) is 0 Å². The average Bonchev–Trinajstić information content (AvgIpc) is 2.70. The first-order chi connectivity index (χ1) is 9.94. The maximum Gasteiger partial charge on any atom is 0.233 e. The van der Waals surface area contributed by atoms with Gasteiger partial charge in [-0.3, -0.25) is 14.9 Å². The number of carbonyl (C=O) groups excluding carboxylic acids is 2. The Bertz CT molecular complexity index is 575. The van der Waals surface area contributed by atoms with Gasteiger partial charge in [0.1, 0.15) is 0 Å².